The molecule has 6 aromatic heterocycles. The van der Waals surface area contributed by atoms with Crippen LogP contribution in [0, 0.1) is 34.5 Å². The van der Waals surface area contributed by atoms with Gasteiger partial charge in [-0.25, -0.2) is 0 Å². The highest BCUT2D eigenvalue weighted by Gasteiger charge is 2.48. The lowest BCUT2D eigenvalue weighted by atomic mass is 9.65. The smallest absolute Gasteiger partial charge is 0.0713 e. The van der Waals surface area contributed by atoms with Crippen molar-refractivity contribution in [3.05, 3.63) is 113 Å². The zero-order valence-corrected chi connectivity index (χ0v) is 58.7. The molecule has 0 saturated heterocycles. The van der Waals surface area contributed by atoms with Crippen LogP contribution in [0.25, 0.3) is 40.4 Å². The molecule has 7 heterocycles. The summed E-state index contributed by atoms with van der Waals surface area (Å²) in [5, 5.41) is 22.5. The van der Waals surface area contributed by atoms with Gasteiger partial charge in [0.1, 0.15) is 0 Å². The molecule has 0 radical (unpaired) electrons. The second-order valence-electron chi connectivity index (χ2n) is 23.2. The van der Waals surface area contributed by atoms with E-state index in [0.29, 0.717) is 36.2 Å². The van der Waals surface area contributed by atoms with Crippen LogP contribution in [0.4, 0.5) is 0 Å². The Labute approximate surface area is 539 Å². The van der Waals surface area contributed by atoms with Gasteiger partial charge in [-0.15, -0.1) is 68.0 Å². The molecule has 6 N–H and O–H groups in total. The lowest BCUT2D eigenvalue weighted by Gasteiger charge is -2.37. The van der Waals surface area contributed by atoms with Gasteiger partial charge in [0.2, 0.25) is 0 Å². The van der Waals surface area contributed by atoms with Gasteiger partial charge in [0.05, 0.1) is 16.3 Å². The van der Waals surface area contributed by atoms with Crippen molar-refractivity contribution in [3.8, 4) is 29.3 Å². The van der Waals surface area contributed by atoms with Crippen LogP contribution in [0.15, 0.2) is 83.0 Å². The van der Waals surface area contributed by atoms with E-state index in [9.17, 15) is 10.8 Å². The van der Waals surface area contributed by atoms with Crippen molar-refractivity contribution in [2.75, 3.05) is 13.6 Å². The molecule has 0 aromatic carbocycles. The molecule has 0 saturated carbocycles. The minimum absolute atomic E-state index is 0. The normalized spacial score (nSPS) is 16.5. The predicted molar refractivity (Wildman–Crippen MR) is 388 cm³/mol. The van der Waals surface area contributed by atoms with Gasteiger partial charge in [-0.3, -0.25) is 9.98 Å². The lowest BCUT2D eigenvalue weighted by molar-refractivity contribution is 0.266. The first-order valence-electron chi connectivity index (χ1n) is 30.9. The van der Waals surface area contributed by atoms with Crippen LogP contribution in [0.5, 0.6) is 0 Å². The van der Waals surface area contributed by atoms with E-state index in [2.05, 4.69) is 121 Å². The number of allylic oxidation sites excluding steroid dienone is 2. The molecule has 1 aliphatic carbocycles. The first-order valence-corrected chi connectivity index (χ1v) is 35.8. The van der Waals surface area contributed by atoms with Crippen molar-refractivity contribution >= 4 is 129 Å². The SMILES string of the molecule is CCCCC(CC)Cc1ccc(-c2ccc(C3=NC=C(c4cc5c(s4)-c4sc(/C(=C/N=C(CNC)c6ccc(-c7ccc(CC(CC)CCCC)s7)s6)C(C)=N)cc4C5(CC(CC)CCCC)CC(CC)CCCC)C(=N)C3)s2)s1.N.S.S. The number of nitrogens with one attached hydrogen (secondary N) is 3. The number of likely N-dealkylation sites (N-methyl/N-ethyl adjacent to an activating group) is 1. The number of rotatable bonds is 34. The molecule has 0 fully saturated rings. The van der Waals surface area contributed by atoms with Crippen molar-refractivity contribution in [1.29, 1.82) is 10.8 Å². The monoisotopic (exact) mass is 1270 g/mol. The Bertz CT molecular complexity index is 3090. The molecule has 6 nitrogen and oxygen atoms in total. The van der Waals surface area contributed by atoms with Gasteiger partial charge in [0, 0.05) is 107 Å². The van der Waals surface area contributed by atoms with Gasteiger partial charge in [-0.2, -0.15) is 27.0 Å². The lowest BCUT2D eigenvalue weighted by Crippen LogP contribution is -2.31. The first kappa shape index (κ1) is 70.7. The van der Waals surface area contributed by atoms with Crippen LogP contribution in [0.2, 0.25) is 0 Å². The molecule has 1 aliphatic heterocycles. The molecule has 6 aromatic rings. The summed E-state index contributed by atoms with van der Waals surface area (Å²) >= 11 is 11.3. The average molecular weight is 1270 g/mol. The minimum atomic E-state index is -0.158. The van der Waals surface area contributed by atoms with Crippen molar-refractivity contribution < 1.29 is 0 Å². The average Bonchev–Trinajstić information content (AvgIpc) is 2.38. The van der Waals surface area contributed by atoms with Crippen LogP contribution in [0.3, 0.4) is 0 Å². The Morgan fingerprint density at radius 2 is 1.08 bits per heavy atom. The third-order valence-electron chi connectivity index (χ3n) is 17.4. The van der Waals surface area contributed by atoms with E-state index >= 15 is 0 Å². The second-order valence-corrected chi connectivity index (χ2v) is 29.8. The number of thiophene rings is 6. The number of hydrogen-bond donors (Lipinski definition) is 4. The molecule has 14 heteroatoms. The summed E-state index contributed by atoms with van der Waals surface area (Å²) < 4.78 is 0. The quantitative estimate of drug-likeness (QED) is 0.0301. The number of fused-ring (bicyclic) bond motifs is 3. The number of nitrogens with zero attached hydrogens (tertiary/aromatic N) is 2. The molecule has 0 amide bonds. The summed E-state index contributed by atoms with van der Waals surface area (Å²) in [5.41, 5.74) is 7.85. The van der Waals surface area contributed by atoms with Crippen LogP contribution >= 0.6 is 95.0 Å². The summed E-state index contributed by atoms with van der Waals surface area (Å²) in [6, 6.07) is 23.4. The molecular weight excluding hydrogens is 1170 g/mol. The number of hydrogen-bond acceptors (Lipinski definition) is 12. The fourth-order valence-electron chi connectivity index (χ4n) is 12.3. The predicted octanol–water partition coefficient (Wildman–Crippen LogP) is 23.1. The van der Waals surface area contributed by atoms with Crippen LogP contribution in [-0.4, -0.2) is 36.4 Å². The first-order chi connectivity index (χ1) is 38.9. The maximum atomic E-state index is 9.70. The Morgan fingerprint density at radius 1 is 0.602 bits per heavy atom. The molecule has 4 unspecified atom stereocenters. The van der Waals surface area contributed by atoms with Crippen LogP contribution in [-0.2, 0) is 18.3 Å². The highest BCUT2D eigenvalue weighted by atomic mass is 32.1. The molecule has 8 rings (SSSR count). The fourth-order valence-corrected chi connectivity index (χ4v) is 19.5. The summed E-state index contributed by atoms with van der Waals surface area (Å²) in [4.78, 5) is 26.1. The summed E-state index contributed by atoms with van der Waals surface area (Å²) in [6.45, 7) is 21.4. The summed E-state index contributed by atoms with van der Waals surface area (Å²) in [5.74, 6) is 2.72. The van der Waals surface area contributed by atoms with Gasteiger partial charge in [0.15, 0.2) is 0 Å². The molecule has 454 valence electrons. The topological polar surface area (TPSA) is 119 Å². The van der Waals surface area contributed by atoms with E-state index in [1.807, 2.05) is 94.4 Å². The Hall–Kier alpha value is -3.02. The van der Waals surface area contributed by atoms with E-state index < -0.39 is 0 Å². The van der Waals surface area contributed by atoms with E-state index in [1.165, 1.54) is 180 Å². The number of unbranched alkanes of at least 4 members (excludes halogenated alkanes) is 4. The second kappa shape index (κ2) is 34.5. The van der Waals surface area contributed by atoms with Crippen LogP contribution < -0.4 is 11.5 Å². The highest BCUT2D eigenvalue weighted by Crippen LogP contribution is 2.62. The van der Waals surface area contributed by atoms with Gasteiger partial charge in [0.25, 0.3) is 0 Å². The number of aliphatic imine (C=N–C) groups is 2. The Balaban J connectivity index is 0.00000420. The summed E-state index contributed by atoms with van der Waals surface area (Å²) in [7, 11) is 2.00. The van der Waals surface area contributed by atoms with Crippen LogP contribution in [0.1, 0.15) is 225 Å². The van der Waals surface area contributed by atoms with Crippen molar-refractivity contribution in [2.24, 2.45) is 33.7 Å². The minimum Gasteiger partial charge on any atom is -0.344 e. The Morgan fingerprint density at radius 3 is 1.60 bits per heavy atom. The summed E-state index contributed by atoms with van der Waals surface area (Å²) in [6.07, 6.45) is 29.2. The van der Waals surface area contributed by atoms with E-state index in [1.54, 1.807) is 0 Å². The standard InChI is InChI=1S/C69H93N5S6.H3N.2H2S/c1-11-19-23-46(15-5)35-50-27-29-61(75-50)63-33-31-59(77-63)57-39-56(71)53(43-73-57)66-38-55-68(80-66)67-54(69(55,40-48(17-7)25-21-13-3)41-49(18-8)26-22-14-4)37-65(79-67)52(45(9)70)42-74-58(44-72-10)60-32-34-64(78-60)62-30-28-51(76-62)36-47(16-6)24-20-12-2;;;/h27-34,37-38,42-43,46-49,70-72H,11-26,35-36,39-41,44H2,1-10H3;1H3;2*1H2/b52-42+,70-45?,71-56?,74-58?;;;. The Kier molecular flexibility index (Phi) is 29.4. The zero-order valence-electron chi connectivity index (χ0n) is 51.8. The maximum Gasteiger partial charge on any atom is 0.0713 e. The molecular formula is C69H100N6S8. The maximum absolute atomic E-state index is 9.70. The largest absolute Gasteiger partial charge is 0.344 e. The molecule has 0 spiro atoms. The van der Waals surface area contributed by atoms with Gasteiger partial charge < -0.3 is 22.3 Å². The highest BCUT2D eigenvalue weighted by molar-refractivity contribution is 7.59. The van der Waals surface area contributed by atoms with E-state index in [4.69, 9.17) is 9.98 Å². The molecule has 4 atom stereocenters. The van der Waals surface area contributed by atoms with Gasteiger partial charge >= 0.3 is 0 Å². The fraction of sp³-hybridized carbons (Fsp3) is 0.536. The third kappa shape index (κ3) is 17.4. The van der Waals surface area contributed by atoms with Crippen molar-refractivity contribution in [2.45, 2.75) is 203 Å². The molecule has 83 heavy (non-hydrogen) atoms. The van der Waals surface area contributed by atoms with Gasteiger partial charge in [-0.05, 0) is 135 Å². The molecule has 0 bridgehead atoms. The third-order valence-corrected chi connectivity index (χ3v) is 24.7. The zero-order chi connectivity index (χ0) is 56.8. The van der Waals surface area contributed by atoms with Crippen molar-refractivity contribution in [3.63, 3.8) is 0 Å². The molecule has 2 aliphatic rings. The van der Waals surface area contributed by atoms with E-state index in [0.717, 1.165) is 52.1 Å². The van der Waals surface area contributed by atoms with E-state index in [-0.39, 0.29) is 38.6 Å². The van der Waals surface area contributed by atoms with Crippen molar-refractivity contribution in [1.82, 2.24) is 11.5 Å². The van der Waals surface area contributed by atoms with Gasteiger partial charge in [-0.1, -0.05) is 158 Å².